The lowest BCUT2D eigenvalue weighted by atomic mass is 9.58. The van der Waals surface area contributed by atoms with Gasteiger partial charge in [-0.05, 0) is 43.9 Å². The molecule has 0 aliphatic heterocycles. The average Bonchev–Trinajstić information content (AvgIpc) is 1.96. The van der Waals surface area contributed by atoms with Crippen LogP contribution < -0.4 is 5.32 Å². The molecule has 76 valence electrons. The lowest BCUT2D eigenvalue weighted by molar-refractivity contribution is -0.121. The first-order valence-electron chi connectivity index (χ1n) is 5.65. The molecule has 14 heavy (non-hydrogen) atoms. The minimum Gasteiger partial charge on any atom is -0.347 e. The summed E-state index contributed by atoms with van der Waals surface area (Å²) in [7, 11) is 0. The van der Waals surface area contributed by atoms with Crippen molar-refractivity contribution in [3.63, 3.8) is 0 Å². The lowest BCUT2D eigenvalue weighted by Gasteiger charge is -2.51. The van der Waals surface area contributed by atoms with Crippen molar-refractivity contribution >= 4 is 5.91 Å². The van der Waals surface area contributed by atoms with E-state index in [0.29, 0.717) is 0 Å². The van der Waals surface area contributed by atoms with Crippen LogP contribution in [0.25, 0.3) is 0 Å². The van der Waals surface area contributed by atoms with Gasteiger partial charge in [-0.3, -0.25) is 4.79 Å². The molecule has 0 aromatic heterocycles. The van der Waals surface area contributed by atoms with Crippen LogP contribution in [0.2, 0.25) is 0 Å². The van der Waals surface area contributed by atoms with Gasteiger partial charge < -0.3 is 5.32 Å². The summed E-state index contributed by atoms with van der Waals surface area (Å²) < 4.78 is 0. The quantitative estimate of drug-likeness (QED) is 0.631. The second kappa shape index (κ2) is 2.62. The van der Waals surface area contributed by atoms with Gasteiger partial charge in [-0.25, -0.2) is 0 Å². The van der Waals surface area contributed by atoms with Gasteiger partial charge in [-0.1, -0.05) is 11.6 Å². The van der Waals surface area contributed by atoms with Crippen molar-refractivity contribution in [2.45, 2.75) is 44.6 Å². The Morgan fingerprint density at radius 1 is 1.43 bits per heavy atom. The normalized spacial score (nSPS) is 43.6. The van der Waals surface area contributed by atoms with E-state index in [0.717, 1.165) is 11.8 Å². The van der Waals surface area contributed by atoms with Crippen LogP contribution in [0, 0.1) is 11.8 Å². The molecule has 2 fully saturated rings. The standard InChI is InChI=1S/C12H17NO/c1-8(14)13-12-5-9-2-10(6-12)4-11(3-9)7-12/h5,10-11H,2-4,6-7H2,1H3,(H,13,14). The molecule has 2 unspecified atom stereocenters. The predicted molar refractivity (Wildman–Crippen MR) is 54.7 cm³/mol. The molecular weight excluding hydrogens is 174 g/mol. The second-order valence-corrected chi connectivity index (χ2v) is 5.42. The fourth-order valence-electron chi connectivity index (χ4n) is 4.00. The van der Waals surface area contributed by atoms with Crippen molar-refractivity contribution in [3.05, 3.63) is 11.6 Å². The third kappa shape index (κ3) is 1.20. The van der Waals surface area contributed by atoms with Gasteiger partial charge >= 0.3 is 0 Å². The van der Waals surface area contributed by atoms with Crippen LogP contribution in [0.3, 0.4) is 0 Å². The summed E-state index contributed by atoms with van der Waals surface area (Å²) in [6.07, 6.45) is 8.74. The van der Waals surface area contributed by atoms with Gasteiger partial charge in [0, 0.05) is 6.92 Å². The van der Waals surface area contributed by atoms with Crippen LogP contribution in [-0.4, -0.2) is 11.4 Å². The van der Waals surface area contributed by atoms with Gasteiger partial charge in [0.15, 0.2) is 0 Å². The van der Waals surface area contributed by atoms with Crippen molar-refractivity contribution in [1.29, 1.82) is 0 Å². The summed E-state index contributed by atoms with van der Waals surface area (Å²) in [6, 6.07) is 0. The summed E-state index contributed by atoms with van der Waals surface area (Å²) in [4.78, 5) is 11.2. The number of rotatable bonds is 1. The predicted octanol–water partition coefficient (Wildman–Crippen LogP) is 2.01. The third-order valence-electron chi connectivity index (χ3n) is 3.98. The van der Waals surface area contributed by atoms with E-state index in [9.17, 15) is 4.79 Å². The third-order valence-corrected chi connectivity index (χ3v) is 3.98. The van der Waals surface area contributed by atoms with E-state index in [4.69, 9.17) is 0 Å². The van der Waals surface area contributed by atoms with Crippen molar-refractivity contribution in [2.75, 3.05) is 0 Å². The maximum Gasteiger partial charge on any atom is 0.217 e. The molecular formula is C12H17NO. The Bertz CT molecular complexity index is 302. The Morgan fingerprint density at radius 3 is 2.57 bits per heavy atom. The van der Waals surface area contributed by atoms with Gasteiger partial charge in [0.2, 0.25) is 5.91 Å². The molecule has 2 heteroatoms. The van der Waals surface area contributed by atoms with E-state index in [-0.39, 0.29) is 11.4 Å². The molecule has 0 spiro atoms. The highest BCUT2D eigenvalue weighted by molar-refractivity contribution is 5.74. The number of hydrogen-bond acceptors (Lipinski definition) is 1. The number of hydrogen-bond donors (Lipinski definition) is 1. The molecule has 0 heterocycles. The van der Waals surface area contributed by atoms with E-state index in [1.807, 2.05) is 0 Å². The molecule has 0 saturated heterocycles. The highest BCUT2D eigenvalue weighted by Gasteiger charge is 2.46. The lowest BCUT2D eigenvalue weighted by Crippen LogP contribution is -2.55. The van der Waals surface area contributed by atoms with Crippen LogP contribution in [0.1, 0.15) is 39.0 Å². The number of carbonyl (C=O) groups excluding carboxylic acids is 1. The van der Waals surface area contributed by atoms with E-state index in [1.165, 1.54) is 32.1 Å². The van der Waals surface area contributed by atoms with Crippen molar-refractivity contribution in [3.8, 4) is 0 Å². The number of amides is 1. The molecule has 2 nitrogen and oxygen atoms in total. The second-order valence-electron chi connectivity index (χ2n) is 5.42. The smallest absolute Gasteiger partial charge is 0.217 e. The van der Waals surface area contributed by atoms with E-state index < -0.39 is 0 Å². The molecule has 0 radical (unpaired) electrons. The van der Waals surface area contributed by atoms with Crippen molar-refractivity contribution < 1.29 is 4.79 Å². The minimum absolute atomic E-state index is 0.0608. The van der Waals surface area contributed by atoms with Gasteiger partial charge in [-0.15, -0.1) is 0 Å². The molecule has 2 saturated carbocycles. The highest BCUT2D eigenvalue weighted by Crippen LogP contribution is 2.52. The Balaban J connectivity index is 1.93. The molecule has 0 aromatic rings. The number of allylic oxidation sites excluding steroid dienone is 1. The summed E-state index contributed by atoms with van der Waals surface area (Å²) >= 11 is 0. The van der Waals surface area contributed by atoms with Gasteiger partial charge in [0.25, 0.3) is 0 Å². The molecule has 4 rings (SSSR count). The zero-order valence-corrected chi connectivity index (χ0v) is 8.68. The van der Waals surface area contributed by atoms with E-state index in [2.05, 4.69) is 11.4 Å². The Hall–Kier alpha value is -0.790. The molecule has 4 bridgehead atoms. The number of nitrogens with one attached hydrogen (secondary N) is 1. The van der Waals surface area contributed by atoms with E-state index in [1.54, 1.807) is 12.5 Å². The molecule has 1 amide bonds. The Kier molecular flexibility index (Phi) is 1.59. The number of carbonyl (C=O) groups is 1. The summed E-state index contributed by atoms with van der Waals surface area (Å²) in [5, 5.41) is 3.17. The van der Waals surface area contributed by atoms with Crippen LogP contribution >= 0.6 is 0 Å². The summed E-state index contributed by atoms with van der Waals surface area (Å²) in [6.45, 7) is 1.64. The van der Waals surface area contributed by atoms with Crippen molar-refractivity contribution in [1.82, 2.24) is 5.32 Å². The fourth-order valence-corrected chi connectivity index (χ4v) is 4.00. The first-order chi connectivity index (χ1) is 6.65. The molecule has 2 atom stereocenters. The van der Waals surface area contributed by atoms with Crippen LogP contribution in [0.4, 0.5) is 0 Å². The topological polar surface area (TPSA) is 29.1 Å². The Morgan fingerprint density at radius 2 is 2.07 bits per heavy atom. The van der Waals surface area contributed by atoms with Crippen LogP contribution in [-0.2, 0) is 4.79 Å². The molecule has 1 N–H and O–H groups in total. The zero-order valence-electron chi connectivity index (χ0n) is 8.68. The van der Waals surface area contributed by atoms with Gasteiger partial charge in [0.05, 0.1) is 5.54 Å². The Labute approximate surface area is 84.8 Å². The maximum absolute atomic E-state index is 11.2. The first kappa shape index (κ1) is 8.51. The van der Waals surface area contributed by atoms with Gasteiger partial charge in [0.1, 0.15) is 0 Å². The van der Waals surface area contributed by atoms with Gasteiger partial charge in [-0.2, -0.15) is 0 Å². The zero-order chi connectivity index (χ0) is 9.76. The molecule has 4 aliphatic rings. The monoisotopic (exact) mass is 191 g/mol. The molecule has 0 aromatic carbocycles. The molecule has 4 aliphatic carbocycles. The highest BCUT2D eigenvalue weighted by atomic mass is 16.1. The summed E-state index contributed by atoms with van der Waals surface area (Å²) in [5.74, 6) is 1.84. The van der Waals surface area contributed by atoms with Crippen molar-refractivity contribution in [2.24, 2.45) is 11.8 Å². The van der Waals surface area contributed by atoms with Crippen LogP contribution in [0.5, 0.6) is 0 Å². The SMILES string of the molecule is CC(=O)NC12C=C3CC(CC(C3)C1)C2. The van der Waals surface area contributed by atoms with Crippen LogP contribution in [0.15, 0.2) is 11.6 Å². The average molecular weight is 191 g/mol. The maximum atomic E-state index is 11.2. The van der Waals surface area contributed by atoms with E-state index >= 15 is 0 Å². The summed E-state index contributed by atoms with van der Waals surface area (Å²) in [5.41, 5.74) is 1.67. The minimum atomic E-state index is 0.0608. The first-order valence-corrected chi connectivity index (χ1v) is 5.65. The fraction of sp³-hybridized carbons (Fsp3) is 0.750. The largest absolute Gasteiger partial charge is 0.347 e.